The van der Waals surface area contributed by atoms with Gasteiger partial charge in [0, 0.05) is 31.5 Å². The molecule has 1 aliphatic rings. The Labute approximate surface area is 159 Å². The summed E-state index contributed by atoms with van der Waals surface area (Å²) in [5.74, 6) is 1.81. The van der Waals surface area contributed by atoms with Gasteiger partial charge in [-0.05, 0) is 57.0 Å². The molecule has 2 aromatic rings. The Morgan fingerprint density at radius 2 is 2.11 bits per heavy atom. The standard InChI is InChI=1S/C19H27N7O/c1-14-5-8-21-17(12-14)24-19(27)26-10-3-4-15(7-11-26)25(2)13-18-22-9-6-16(20)23-18/h5-6,8-9,12,15H,3-4,7,10-11,13H2,1-2H3,(H2,20,22,23)(H,21,24,27). The fraction of sp³-hybridized carbons (Fsp3) is 0.474. The van der Waals surface area contributed by atoms with Crippen molar-refractivity contribution in [2.75, 3.05) is 31.2 Å². The third kappa shape index (κ3) is 5.37. The fourth-order valence-corrected chi connectivity index (χ4v) is 3.36. The number of aryl methyl sites for hydroxylation is 1. The first-order valence-electron chi connectivity index (χ1n) is 9.27. The molecule has 1 unspecified atom stereocenters. The van der Waals surface area contributed by atoms with Gasteiger partial charge in [0.2, 0.25) is 0 Å². The van der Waals surface area contributed by atoms with Crippen LogP contribution in [0.3, 0.4) is 0 Å². The molecule has 2 amide bonds. The summed E-state index contributed by atoms with van der Waals surface area (Å²) < 4.78 is 0. The van der Waals surface area contributed by atoms with E-state index in [1.807, 2.05) is 24.0 Å². The van der Waals surface area contributed by atoms with Gasteiger partial charge in [-0.25, -0.2) is 19.7 Å². The molecule has 0 radical (unpaired) electrons. The first-order chi connectivity index (χ1) is 13.0. The van der Waals surface area contributed by atoms with Crippen LogP contribution in [0, 0.1) is 6.92 Å². The number of urea groups is 1. The smallest absolute Gasteiger partial charge is 0.323 e. The van der Waals surface area contributed by atoms with E-state index in [1.54, 1.807) is 18.5 Å². The molecule has 2 aromatic heterocycles. The molecule has 0 bridgehead atoms. The van der Waals surface area contributed by atoms with Crippen molar-refractivity contribution in [2.45, 2.75) is 38.8 Å². The number of likely N-dealkylation sites (tertiary alicyclic amines) is 1. The maximum absolute atomic E-state index is 12.6. The van der Waals surface area contributed by atoms with E-state index in [0.29, 0.717) is 30.8 Å². The Balaban J connectivity index is 1.54. The molecule has 1 fully saturated rings. The van der Waals surface area contributed by atoms with Crippen molar-refractivity contribution in [1.82, 2.24) is 24.8 Å². The van der Waals surface area contributed by atoms with Crippen LogP contribution in [0.4, 0.5) is 16.4 Å². The number of nitrogens with two attached hydrogens (primary N) is 1. The zero-order valence-corrected chi connectivity index (χ0v) is 15.9. The summed E-state index contributed by atoms with van der Waals surface area (Å²) in [6.07, 6.45) is 6.29. The predicted octanol–water partition coefficient (Wildman–Crippen LogP) is 2.28. The number of nitrogens with zero attached hydrogens (tertiary/aromatic N) is 5. The van der Waals surface area contributed by atoms with Crippen LogP contribution in [0.2, 0.25) is 0 Å². The quantitative estimate of drug-likeness (QED) is 0.857. The van der Waals surface area contributed by atoms with E-state index in [1.165, 1.54) is 0 Å². The van der Waals surface area contributed by atoms with Crippen LogP contribution in [-0.4, -0.2) is 57.0 Å². The van der Waals surface area contributed by atoms with Gasteiger partial charge in [0.05, 0.1) is 6.54 Å². The van der Waals surface area contributed by atoms with E-state index in [-0.39, 0.29) is 6.03 Å². The lowest BCUT2D eigenvalue weighted by Gasteiger charge is -2.26. The summed E-state index contributed by atoms with van der Waals surface area (Å²) in [5.41, 5.74) is 6.81. The number of amides is 2. The lowest BCUT2D eigenvalue weighted by Crippen LogP contribution is -2.37. The molecule has 3 rings (SSSR count). The van der Waals surface area contributed by atoms with Gasteiger partial charge in [-0.1, -0.05) is 0 Å². The van der Waals surface area contributed by atoms with Crippen molar-refractivity contribution in [1.29, 1.82) is 0 Å². The minimum atomic E-state index is -0.0874. The summed E-state index contributed by atoms with van der Waals surface area (Å²) in [6.45, 7) is 4.09. The SMILES string of the molecule is Cc1ccnc(NC(=O)N2CCCC(N(C)Cc3nccc(N)n3)CC2)c1. The van der Waals surface area contributed by atoms with Crippen LogP contribution in [-0.2, 0) is 6.54 Å². The van der Waals surface area contributed by atoms with Gasteiger partial charge in [-0.15, -0.1) is 0 Å². The van der Waals surface area contributed by atoms with Crippen LogP contribution in [0.1, 0.15) is 30.7 Å². The van der Waals surface area contributed by atoms with E-state index in [4.69, 9.17) is 5.73 Å². The number of carbonyl (C=O) groups is 1. The number of carbonyl (C=O) groups excluding carboxylic acids is 1. The Bertz CT molecular complexity index is 782. The average Bonchev–Trinajstić information content (AvgIpc) is 2.88. The molecule has 8 heteroatoms. The summed E-state index contributed by atoms with van der Waals surface area (Å²) in [7, 11) is 2.07. The van der Waals surface area contributed by atoms with Crippen molar-refractivity contribution in [3.8, 4) is 0 Å². The van der Waals surface area contributed by atoms with Crippen LogP contribution in [0.15, 0.2) is 30.6 Å². The van der Waals surface area contributed by atoms with E-state index in [9.17, 15) is 4.79 Å². The molecule has 8 nitrogen and oxygen atoms in total. The molecule has 3 N–H and O–H groups in total. The number of nitrogens with one attached hydrogen (secondary N) is 1. The fourth-order valence-electron chi connectivity index (χ4n) is 3.36. The molecule has 27 heavy (non-hydrogen) atoms. The Hall–Kier alpha value is -2.74. The highest BCUT2D eigenvalue weighted by Gasteiger charge is 2.23. The van der Waals surface area contributed by atoms with E-state index in [2.05, 4.69) is 32.2 Å². The molecule has 144 valence electrons. The number of anilines is 2. The summed E-state index contributed by atoms with van der Waals surface area (Å²) in [6, 6.07) is 5.76. The summed E-state index contributed by atoms with van der Waals surface area (Å²) in [4.78, 5) is 29.4. The molecule has 0 spiro atoms. The van der Waals surface area contributed by atoms with E-state index < -0.39 is 0 Å². The van der Waals surface area contributed by atoms with Gasteiger partial charge >= 0.3 is 6.03 Å². The molecular weight excluding hydrogens is 342 g/mol. The van der Waals surface area contributed by atoms with Crippen LogP contribution in [0.25, 0.3) is 0 Å². The molecule has 1 atom stereocenters. The van der Waals surface area contributed by atoms with Gasteiger partial charge in [-0.3, -0.25) is 10.2 Å². The molecule has 1 saturated heterocycles. The Morgan fingerprint density at radius 3 is 2.89 bits per heavy atom. The number of rotatable bonds is 4. The number of hydrogen-bond acceptors (Lipinski definition) is 6. The van der Waals surface area contributed by atoms with Crippen molar-refractivity contribution >= 4 is 17.7 Å². The zero-order valence-electron chi connectivity index (χ0n) is 15.9. The number of aromatic nitrogens is 3. The lowest BCUT2D eigenvalue weighted by atomic mass is 10.1. The van der Waals surface area contributed by atoms with Crippen LogP contribution in [0.5, 0.6) is 0 Å². The zero-order chi connectivity index (χ0) is 19.2. The number of hydrogen-bond donors (Lipinski definition) is 2. The topological polar surface area (TPSA) is 100 Å². The maximum atomic E-state index is 12.6. The largest absolute Gasteiger partial charge is 0.384 e. The third-order valence-electron chi connectivity index (χ3n) is 4.88. The van der Waals surface area contributed by atoms with Gasteiger partial charge in [0.25, 0.3) is 0 Å². The van der Waals surface area contributed by atoms with Crippen LogP contribution >= 0.6 is 0 Å². The molecule has 3 heterocycles. The second kappa shape index (κ2) is 8.77. The van der Waals surface area contributed by atoms with Gasteiger partial charge < -0.3 is 10.6 Å². The maximum Gasteiger partial charge on any atom is 0.323 e. The number of pyridine rings is 1. The molecule has 0 saturated carbocycles. The lowest BCUT2D eigenvalue weighted by molar-refractivity contribution is 0.199. The van der Waals surface area contributed by atoms with Crippen molar-refractivity contribution in [2.24, 2.45) is 0 Å². The highest BCUT2D eigenvalue weighted by atomic mass is 16.2. The van der Waals surface area contributed by atoms with Gasteiger partial charge in [0.15, 0.2) is 0 Å². The Kier molecular flexibility index (Phi) is 6.18. The highest BCUT2D eigenvalue weighted by molar-refractivity contribution is 5.88. The monoisotopic (exact) mass is 369 g/mol. The van der Waals surface area contributed by atoms with E-state index in [0.717, 1.165) is 37.2 Å². The molecule has 0 aliphatic carbocycles. The van der Waals surface area contributed by atoms with Crippen molar-refractivity contribution in [3.05, 3.63) is 42.0 Å². The third-order valence-corrected chi connectivity index (χ3v) is 4.88. The highest BCUT2D eigenvalue weighted by Crippen LogP contribution is 2.18. The predicted molar refractivity (Wildman–Crippen MR) is 105 cm³/mol. The number of nitrogen functional groups attached to an aromatic ring is 1. The minimum absolute atomic E-state index is 0.0874. The van der Waals surface area contributed by atoms with Gasteiger partial charge in [0.1, 0.15) is 17.5 Å². The first-order valence-corrected chi connectivity index (χ1v) is 9.27. The minimum Gasteiger partial charge on any atom is -0.384 e. The van der Waals surface area contributed by atoms with Crippen molar-refractivity contribution < 1.29 is 4.79 Å². The normalized spacial score (nSPS) is 17.6. The summed E-state index contributed by atoms with van der Waals surface area (Å²) in [5, 5.41) is 2.90. The Morgan fingerprint density at radius 1 is 1.30 bits per heavy atom. The second-order valence-electron chi connectivity index (χ2n) is 7.03. The second-order valence-corrected chi connectivity index (χ2v) is 7.03. The molecule has 1 aliphatic heterocycles. The van der Waals surface area contributed by atoms with Crippen molar-refractivity contribution in [3.63, 3.8) is 0 Å². The van der Waals surface area contributed by atoms with Crippen LogP contribution < -0.4 is 11.1 Å². The first kappa shape index (κ1) is 19.0. The average molecular weight is 369 g/mol. The summed E-state index contributed by atoms with van der Waals surface area (Å²) >= 11 is 0. The van der Waals surface area contributed by atoms with E-state index >= 15 is 0 Å². The molecular formula is C19H27N7O. The molecule has 0 aromatic carbocycles. The van der Waals surface area contributed by atoms with Gasteiger partial charge in [-0.2, -0.15) is 0 Å².